The van der Waals surface area contributed by atoms with Crippen molar-refractivity contribution in [2.45, 2.75) is 45.6 Å². The Kier molecular flexibility index (Phi) is 5.54. The summed E-state index contributed by atoms with van der Waals surface area (Å²) in [5, 5.41) is 0. The van der Waals surface area contributed by atoms with E-state index in [4.69, 9.17) is 11.6 Å². The highest BCUT2D eigenvalue weighted by atomic mass is 35.5. The van der Waals surface area contributed by atoms with Gasteiger partial charge in [0.05, 0.1) is 5.75 Å². The first-order chi connectivity index (χ1) is 7.47. The monoisotopic (exact) mass is 267 g/mol. The van der Waals surface area contributed by atoms with E-state index in [0.717, 1.165) is 25.7 Å². The van der Waals surface area contributed by atoms with Gasteiger partial charge in [-0.25, -0.2) is 8.42 Å². The molecular formula is C11H22ClNO2S. The molecule has 0 aliphatic carbocycles. The molecule has 0 saturated carbocycles. The second kappa shape index (κ2) is 6.22. The molecule has 1 aliphatic rings. The minimum Gasteiger partial charge on any atom is -0.212 e. The van der Waals surface area contributed by atoms with Gasteiger partial charge in [-0.3, -0.25) is 0 Å². The van der Waals surface area contributed by atoms with Crippen LogP contribution in [0.1, 0.15) is 39.5 Å². The van der Waals surface area contributed by atoms with Crippen molar-refractivity contribution in [3.8, 4) is 0 Å². The Morgan fingerprint density at radius 3 is 2.56 bits per heavy atom. The number of sulfonamides is 1. The average molecular weight is 268 g/mol. The molecule has 1 fully saturated rings. The van der Waals surface area contributed by atoms with Gasteiger partial charge in [0.1, 0.15) is 0 Å². The summed E-state index contributed by atoms with van der Waals surface area (Å²) >= 11 is 5.88. The van der Waals surface area contributed by atoms with E-state index in [-0.39, 0.29) is 17.7 Å². The van der Waals surface area contributed by atoms with Crippen molar-refractivity contribution >= 4 is 21.6 Å². The Balaban J connectivity index is 2.80. The zero-order chi connectivity index (χ0) is 12.2. The maximum absolute atomic E-state index is 12.2. The number of alkyl halides is 1. The van der Waals surface area contributed by atoms with Crippen LogP contribution < -0.4 is 0 Å². The molecule has 0 aromatic rings. The van der Waals surface area contributed by atoms with Crippen LogP contribution in [0, 0.1) is 5.92 Å². The first kappa shape index (κ1) is 14.3. The first-order valence-electron chi connectivity index (χ1n) is 6.03. The van der Waals surface area contributed by atoms with Crippen LogP contribution in [0.25, 0.3) is 0 Å². The van der Waals surface area contributed by atoms with Gasteiger partial charge in [-0.15, -0.1) is 11.6 Å². The van der Waals surface area contributed by atoms with Gasteiger partial charge < -0.3 is 0 Å². The van der Waals surface area contributed by atoms with Crippen molar-refractivity contribution in [2.75, 3.05) is 18.2 Å². The molecule has 1 saturated heterocycles. The smallest absolute Gasteiger partial charge is 0.212 e. The normalized spacial score (nSPS) is 24.6. The SMILES string of the molecule is CC(C)CS(=O)(=O)N1CCCCCC1CCl. The van der Waals surface area contributed by atoms with E-state index in [1.165, 1.54) is 0 Å². The van der Waals surface area contributed by atoms with E-state index >= 15 is 0 Å². The number of rotatable bonds is 4. The number of nitrogens with zero attached hydrogens (tertiary/aromatic N) is 1. The third-order valence-electron chi connectivity index (χ3n) is 2.90. The summed E-state index contributed by atoms with van der Waals surface area (Å²) in [7, 11) is -3.12. The molecule has 0 radical (unpaired) electrons. The predicted octanol–water partition coefficient (Wildman–Crippen LogP) is 2.46. The van der Waals surface area contributed by atoms with Crippen LogP contribution in [0.4, 0.5) is 0 Å². The van der Waals surface area contributed by atoms with Crippen LogP contribution in [-0.2, 0) is 10.0 Å². The molecule has 0 N–H and O–H groups in total. The summed E-state index contributed by atoms with van der Waals surface area (Å²) in [6.07, 6.45) is 4.07. The summed E-state index contributed by atoms with van der Waals surface area (Å²) in [6, 6.07) is 0.00733. The summed E-state index contributed by atoms with van der Waals surface area (Å²) in [4.78, 5) is 0. The van der Waals surface area contributed by atoms with Crippen molar-refractivity contribution in [1.82, 2.24) is 4.31 Å². The molecule has 0 amide bonds. The topological polar surface area (TPSA) is 37.4 Å². The third kappa shape index (κ3) is 3.90. The van der Waals surface area contributed by atoms with Crippen LogP contribution in [0.15, 0.2) is 0 Å². The van der Waals surface area contributed by atoms with Crippen molar-refractivity contribution in [3.05, 3.63) is 0 Å². The highest BCUT2D eigenvalue weighted by Crippen LogP contribution is 2.22. The lowest BCUT2D eigenvalue weighted by Gasteiger charge is -2.28. The fourth-order valence-corrected chi connectivity index (χ4v) is 4.67. The van der Waals surface area contributed by atoms with Crippen molar-refractivity contribution in [3.63, 3.8) is 0 Å². The minimum absolute atomic E-state index is 0.00733. The molecule has 1 heterocycles. The largest absolute Gasteiger partial charge is 0.214 e. The molecule has 0 aromatic carbocycles. The zero-order valence-corrected chi connectivity index (χ0v) is 11.7. The number of hydrogen-bond acceptors (Lipinski definition) is 2. The van der Waals surface area contributed by atoms with E-state index in [1.807, 2.05) is 13.8 Å². The number of halogens is 1. The minimum atomic E-state index is -3.12. The lowest BCUT2D eigenvalue weighted by Crippen LogP contribution is -2.43. The fourth-order valence-electron chi connectivity index (χ4n) is 2.19. The zero-order valence-electron chi connectivity index (χ0n) is 10.2. The second-order valence-electron chi connectivity index (χ2n) is 4.94. The van der Waals surface area contributed by atoms with Gasteiger partial charge in [-0.05, 0) is 18.8 Å². The van der Waals surface area contributed by atoms with Crippen molar-refractivity contribution in [1.29, 1.82) is 0 Å². The van der Waals surface area contributed by atoms with E-state index < -0.39 is 10.0 Å². The van der Waals surface area contributed by atoms with E-state index in [1.54, 1.807) is 4.31 Å². The molecule has 96 valence electrons. The molecule has 0 spiro atoms. The van der Waals surface area contributed by atoms with E-state index in [0.29, 0.717) is 12.4 Å². The van der Waals surface area contributed by atoms with E-state index in [2.05, 4.69) is 0 Å². The van der Waals surface area contributed by atoms with Gasteiger partial charge in [-0.1, -0.05) is 26.7 Å². The molecule has 3 nitrogen and oxygen atoms in total. The van der Waals surface area contributed by atoms with Gasteiger partial charge in [-0.2, -0.15) is 4.31 Å². The van der Waals surface area contributed by atoms with Gasteiger partial charge in [0.15, 0.2) is 0 Å². The highest BCUT2D eigenvalue weighted by Gasteiger charge is 2.30. The van der Waals surface area contributed by atoms with Crippen LogP contribution in [0.3, 0.4) is 0 Å². The van der Waals surface area contributed by atoms with Crippen molar-refractivity contribution < 1.29 is 8.42 Å². The van der Waals surface area contributed by atoms with Gasteiger partial charge in [0, 0.05) is 18.5 Å². The fraction of sp³-hybridized carbons (Fsp3) is 1.00. The molecule has 0 bridgehead atoms. The summed E-state index contributed by atoms with van der Waals surface area (Å²) < 4.78 is 26.0. The molecular weight excluding hydrogens is 246 g/mol. The lowest BCUT2D eigenvalue weighted by molar-refractivity contribution is 0.343. The maximum Gasteiger partial charge on any atom is 0.214 e. The van der Waals surface area contributed by atoms with Crippen LogP contribution >= 0.6 is 11.6 Å². The van der Waals surface area contributed by atoms with Crippen molar-refractivity contribution in [2.24, 2.45) is 5.92 Å². The maximum atomic E-state index is 12.2. The molecule has 0 aromatic heterocycles. The summed E-state index contributed by atoms with van der Waals surface area (Å²) in [5.74, 6) is 0.821. The standard InChI is InChI=1S/C11H22ClNO2S/c1-10(2)9-16(14,15)13-7-5-3-4-6-11(13)8-12/h10-11H,3-9H2,1-2H3. The quantitative estimate of drug-likeness (QED) is 0.734. The molecule has 1 aliphatic heterocycles. The molecule has 5 heteroatoms. The highest BCUT2D eigenvalue weighted by molar-refractivity contribution is 7.89. The summed E-state index contributed by atoms with van der Waals surface area (Å²) in [6.45, 7) is 4.52. The molecule has 1 atom stereocenters. The van der Waals surface area contributed by atoms with Crippen LogP contribution in [0.5, 0.6) is 0 Å². The Morgan fingerprint density at radius 1 is 1.31 bits per heavy atom. The summed E-state index contributed by atoms with van der Waals surface area (Å²) in [5.41, 5.74) is 0. The lowest BCUT2D eigenvalue weighted by atomic mass is 10.1. The second-order valence-corrected chi connectivity index (χ2v) is 7.22. The van der Waals surface area contributed by atoms with Gasteiger partial charge >= 0.3 is 0 Å². The third-order valence-corrected chi connectivity index (χ3v) is 5.54. The Hall–Kier alpha value is 0.200. The van der Waals surface area contributed by atoms with Gasteiger partial charge in [0.25, 0.3) is 0 Å². The molecule has 1 unspecified atom stereocenters. The Bertz CT molecular complexity index is 303. The van der Waals surface area contributed by atoms with Gasteiger partial charge in [0.2, 0.25) is 10.0 Å². The van der Waals surface area contributed by atoms with Crippen LogP contribution in [-0.4, -0.2) is 36.9 Å². The Labute approximate surface area is 104 Å². The Morgan fingerprint density at radius 2 is 2.00 bits per heavy atom. The predicted molar refractivity (Wildman–Crippen MR) is 68.3 cm³/mol. The first-order valence-corrected chi connectivity index (χ1v) is 8.17. The van der Waals surface area contributed by atoms with E-state index in [9.17, 15) is 8.42 Å². The number of hydrogen-bond donors (Lipinski definition) is 0. The average Bonchev–Trinajstić information content (AvgIpc) is 2.40. The molecule has 1 rings (SSSR count). The molecule has 16 heavy (non-hydrogen) atoms. The van der Waals surface area contributed by atoms with Crippen LogP contribution in [0.2, 0.25) is 0 Å².